The Bertz CT molecular complexity index is 170. The van der Waals surface area contributed by atoms with Gasteiger partial charge >= 0.3 is 0 Å². The molecule has 0 saturated carbocycles. The topological polar surface area (TPSA) is 52.6 Å². The SMILES string of the molecule is CC(C)N1CCNC(CO)C1=O. The van der Waals surface area contributed by atoms with Crippen LogP contribution in [0.4, 0.5) is 0 Å². The lowest BCUT2D eigenvalue weighted by atomic mass is 10.1. The molecule has 1 fully saturated rings. The second-order valence-corrected chi connectivity index (χ2v) is 3.31. The van der Waals surface area contributed by atoms with Crippen LogP contribution in [0.15, 0.2) is 0 Å². The molecule has 4 heteroatoms. The average Bonchev–Trinajstić information content (AvgIpc) is 2.04. The minimum absolute atomic E-state index is 0.0127. The molecule has 0 aromatic carbocycles. The number of hydrogen-bond donors (Lipinski definition) is 2. The Morgan fingerprint density at radius 1 is 1.75 bits per heavy atom. The summed E-state index contributed by atoms with van der Waals surface area (Å²) in [4.78, 5) is 13.3. The summed E-state index contributed by atoms with van der Waals surface area (Å²) in [5, 5.41) is 11.8. The highest BCUT2D eigenvalue weighted by molar-refractivity contribution is 5.83. The molecule has 1 atom stereocenters. The van der Waals surface area contributed by atoms with Crippen LogP contribution in [0.2, 0.25) is 0 Å². The third-order valence-corrected chi connectivity index (χ3v) is 2.13. The van der Waals surface area contributed by atoms with Gasteiger partial charge in [0, 0.05) is 19.1 Å². The molecule has 0 radical (unpaired) electrons. The number of carbonyl (C=O) groups is 1. The third-order valence-electron chi connectivity index (χ3n) is 2.13. The molecule has 1 aliphatic heterocycles. The maximum Gasteiger partial charge on any atom is 0.242 e. The molecule has 4 nitrogen and oxygen atoms in total. The molecule has 1 aliphatic rings. The molecular formula is C8H16N2O2. The Morgan fingerprint density at radius 2 is 2.42 bits per heavy atom. The van der Waals surface area contributed by atoms with Crippen LogP contribution in [0, 0.1) is 0 Å². The van der Waals surface area contributed by atoms with Gasteiger partial charge in [-0.25, -0.2) is 0 Å². The molecule has 1 rings (SSSR count). The Hall–Kier alpha value is -0.610. The van der Waals surface area contributed by atoms with Crippen molar-refractivity contribution in [2.75, 3.05) is 19.7 Å². The highest BCUT2D eigenvalue weighted by Gasteiger charge is 2.28. The van der Waals surface area contributed by atoms with E-state index < -0.39 is 0 Å². The first-order valence-corrected chi connectivity index (χ1v) is 4.31. The minimum Gasteiger partial charge on any atom is -0.394 e. The first kappa shape index (κ1) is 9.48. The number of piperazine rings is 1. The zero-order valence-electron chi connectivity index (χ0n) is 7.58. The van der Waals surface area contributed by atoms with Crippen molar-refractivity contribution in [3.05, 3.63) is 0 Å². The Labute approximate surface area is 72.6 Å². The van der Waals surface area contributed by atoms with E-state index >= 15 is 0 Å². The predicted octanol–water partition coefficient (Wildman–Crippen LogP) is -0.813. The van der Waals surface area contributed by atoms with E-state index in [9.17, 15) is 4.79 Å². The fraction of sp³-hybridized carbons (Fsp3) is 0.875. The van der Waals surface area contributed by atoms with Gasteiger partial charge in [0.25, 0.3) is 0 Å². The monoisotopic (exact) mass is 172 g/mol. The third kappa shape index (κ3) is 1.76. The van der Waals surface area contributed by atoms with Gasteiger partial charge in [-0.05, 0) is 13.8 Å². The smallest absolute Gasteiger partial charge is 0.242 e. The van der Waals surface area contributed by atoms with E-state index in [0.717, 1.165) is 13.1 Å². The fourth-order valence-electron chi connectivity index (χ4n) is 1.41. The van der Waals surface area contributed by atoms with Gasteiger partial charge in [0.15, 0.2) is 0 Å². The van der Waals surface area contributed by atoms with Crippen molar-refractivity contribution in [3.8, 4) is 0 Å². The lowest BCUT2D eigenvalue weighted by molar-refractivity contribution is -0.138. The zero-order valence-corrected chi connectivity index (χ0v) is 7.58. The summed E-state index contributed by atoms with van der Waals surface area (Å²) in [7, 11) is 0. The summed E-state index contributed by atoms with van der Waals surface area (Å²) >= 11 is 0. The van der Waals surface area contributed by atoms with Gasteiger partial charge in [-0.15, -0.1) is 0 Å². The zero-order chi connectivity index (χ0) is 9.14. The Kier molecular flexibility index (Phi) is 3.05. The number of aliphatic hydroxyl groups is 1. The van der Waals surface area contributed by atoms with E-state index in [2.05, 4.69) is 5.32 Å². The van der Waals surface area contributed by atoms with E-state index in [1.54, 1.807) is 4.90 Å². The molecule has 2 N–H and O–H groups in total. The summed E-state index contributed by atoms with van der Waals surface area (Å²) in [6.45, 7) is 5.37. The van der Waals surface area contributed by atoms with Gasteiger partial charge < -0.3 is 15.3 Å². The van der Waals surface area contributed by atoms with Crippen LogP contribution in [0.1, 0.15) is 13.8 Å². The van der Waals surface area contributed by atoms with Gasteiger partial charge in [0.1, 0.15) is 6.04 Å². The van der Waals surface area contributed by atoms with Gasteiger partial charge in [-0.1, -0.05) is 0 Å². The van der Waals surface area contributed by atoms with Crippen molar-refractivity contribution in [2.45, 2.75) is 25.9 Å². The summed E-state index contributed by atoms with van der Waals surface area (Å²) in [6.07, 6.45) is 0. The molecule has 1 amide bonds. The highest BCUT2D eigenvalue weighted by atomic mass is 16.3. The summed E-state index contributed by atoms with van der Waals surface area (Å²) in [6, 6.07) is -0.158. The van der Waals surface area contributed by atoms with Crippen LogP contribution in [0.25, 0.3) is 0 Å². The lowest BCUT2D eigenvalue weighted by Gasteiger charge is -2.35. The number of nitrogens with zero attached hydrogens (tertiary/aromatic N) is 1. The minimum atomic E-state index is -0.388. The molecule has 0 spiro atoms. The number of hydrogen-bond acceptors (Lipinski definition) is 3. The summed E-state index contributed by atoms with van der Waals surface area (Å²) in [5.41, 5.74) is 0. The second-order valence-electron chi connectivity index (χ2n) is 3.31. The van der Waals surface area contributed by atoms with Crippen molar-refractivity contribution in [3.63, 3.8) is 0 Å². The Balaban J connectivity index is 2.59. The first-order valence-electron chi connectivity index (χ1n) is 4.31. The van der Waals surface area contributed by atoms with E-state index in [0.29, 0.717) is 0 Å². The number of aliphatic hydroxyl groups excluding tert-OH is 1. The Morgan fingerprint density at radius 3 is 2.92 bits per heavy atom. The molecule has 1 saturated heterocycles. The maximum absolute atomic E-state index is 11.5. The number of carbonyl (C=O) groups excluding carboxylic acids is 1. The van der Waals surface area contributed by atoms with Crippen molar-refractivity contribution in [1.82, 2.24) is 10.2 Å². The molecule has 70 valence electrons. The fourth-order valence-corrected chi connectivity index (χ4v) is 1.41. The number of amides is 1. The quantitative estimate of drug-likeness (QED) is 0.572. The van der Waals surface area contributed by atoms with E-state index in [4.69, 9.17) is 5.11 Å². The molecule has 1 heterocycles. The van der Waals surface area contributed by atoms with Crippen molar-refractivity contribution >= 4 is 5.91 Å². The average molecular weight is 172 g/mol. The van der Waals surface area contributed by atoms with Gasteiger partial charge in [0.05, 0.1) is 6.61 Å². The normalized spacial score (nSPS) is 25.2. The van der Waals surface area contributed by atoms with Gasteiger partial charge in [0.2, 0.25) is 5.91 Å². The standard InChI is InChI=1S/C8H16N2O2/c1-6(2)10-4-3-9-7(5-11)8(10)12/h6-7,9,11H,3-5H2,1-2H3. The summed E-state index contributed by atoms with van der Waals surface area (Å²) in [5.74, 6) is 0.0127. The molecule has 12 heavy (non-hydrogen) atoms. The largest absolute Gasteiger partial charge is 0.394 e. The highest BCUT2D eigenvalue weighted by Crippen LogP contribution is 2.05. The number of rotatable bonds is 2. The van der Waals surface area contributed by atoms with Crippen LogP contribution in [-0.4, -0.2) is 47.7 Å². The van der Waals surface area contributed by atoms with Gasteiger partial charge in [-0.2, -0.15) is 0 Å². The predicted molar refractivity (Wildman–Crippen MR) is 45.7 cm³/mol. The molecular weight excluding hydrogens is 156 g/mol. The van der Waals surface area contributed by atoms with Crippen LogP contribution in [0.5, 0.6) is 0 Å². The van der Waals surface area contributed by atoms with Crippen molar-refractivity contribution < 1.29 is 9.90 Å². The molecule has 0 aromatic rings. The van der Waals surface area contributed by atoms with Gasteiger partial charge in [-0.3, -0.25) is 4.79 Å². The molecule has 0 aromatic heterocycles. The van der Waals surface area contributed by atoms with Crippen molar-refractivity contribution in [1.29, 1.82) is 0 Å². The number of nitrogens with one attached hydrogen (secondary N) is 1. The van der Waals surface area contributed by atoms with E-state index in [1.807, 2.05) is 13.8 Å². The van der Waals surface area contributed by atoms with Crippen LogP contribution < -0.4 is 5.32 Å². The molecule has 1 unspecified atom stereocenters. The first-order chi connectivity index (χ1) is 5.66. The van der Waals surface area contributed by atoms with Crippen LogP contribution in [-0.2, 0) is 4.79 Å². The van der Waals surface area contributed by atoms with Crippen LogP contribution in [0.3, 0.4) is 0 Å². The maximum atomic E-state index is 11.5. The molecule has 0 bridgehead atoms. The second kappa shape index (κ2) is 3.87. The van der Waals surface area contributed by atoms with E-state index in [1.165, 1.54) is 0 Å². The van der Waals surface area contributed by atoms with Crippen molar-refractivity contribution in [2.24, 2.45) is 0 Å². The lowest BCUT2D eigenvalue weighted by Crippen LogP contribution is -2.58. The molecule has 0 aliphatic carbocycles. The summed E-state index contributed by atoms with van der Waals surface area (Å²) < 4.78 is 0. The van der Waals surface area contributed by atoms with Crippen LogP contribution >= 0.6 is 0 Å². The van der Waals surface area contributed by atoms with E-state index in [-0.39, 0.29) is 24.6 Å².